The molecule has 8 nitrogen and oxygen atoms in total. The quantitative estimate of drug-likeness (QED) is 0.520. The molecule has 4 rings (SSSR count). The van der Waals surface area contributed by atoms with Gasteiger partial charge < -0.3 is 10.1 Å². The normalized spacial score (nSPS) is 11.2. The summed E-state index contributed by atoms with van der Waals surface area (Å²) in [7, 11) is 3.42. The van der Waals surface area contributed by atoms with Crippen LogP contribution in [0.1, 0.15) is 28.0 Å². The van der Waals surface area contributed by atoms with Crippen molar-refractivity contribution in [2.75, 3.05) is 13.7 Å². The number of carbonyl (C=O) groups excluding carboxylic acids is 1. The zero-order valence-corrected chi connectivity index (χ0v) is 16.1. The molecule has 0 bridgehead atoms. The maximum Gasteiger partial charge on any atom is 0.251 e. The molecule has 1 amide bonds. The molecule has 0 atom stereocenters. The molecular weight excluding hydrogens is 356 g/mol. The number of ether oxygens (including phenoxy) is 1. The maximum atomic E-state index is 12.4. The highest BCUT2D eigenvalue weighted by Gasteiger charge is 2.12. The van der Waals surface area contributed by atoms with Crippen molar-refractivity contribution in [3.05, 3.63) is 53.5 Å². The molecule has 0 saturated heterocycles. The number of nitrogens with one attached hydrogen (secondary N) is 1. The fourth-order valence-electron chi connectivity index (χ4n) is 3.32. The standard InChI is InChI=1S/C20H22N6O2/c1-13-9-18-22-11-14(12-26(18)23-13)5-4-8-21-19(27)15-6-7-16-17(10-15)24-25(2)20(16)28-3/h6-7,9-12H,4-5,8H2,1-3H3,(H,21,27). The van der Waals surface area contributed by atoms with Gasteiger partial charge in [0, 0.05) is 37.6 Å². The molecule has 1 aromatic carbocycles. The van der Waals surface area contributed by atoms with Gasteiger partial charge in [0.1, 0.15) is 0 Å². The van der Waals surface area contributed by atoms with Gasteiger partial charge in [-0.25, -0.2) is 14.2 Å². The molecule has 1 N–H and O–H groups in total. The first-order valence-electron chi connectivity index (χ1n) is 9.15. The number of amides is 1. The van der Waals surface area contributed by atoms with Crippen LogP contribution in [0.3, 0.4) is 0 Å². The molecule has 0 unspecified atom stereocenters. The number of fused-ring (bicyclic) bond motifs is 2. The fourth-order valence-corrected chi connectivity index (χ4v) is 3.32. The molecule has 28 heavy (non-hydrogen) atoms. The van der Waals surface area contributed by atoms with E-state index in [1.165, 1.54) is 0 Å². The fraction of sp³-hybridized carbons (Fsp3) is 0.300. The Kier molecular flexibility index (Phi) is 4.68. The van der Waals surface area contributed by atoms with E-state index in [0.717, 1.165) is 40.6 Å². The Morgan fingerprint density at radius 2 is 2.11 bits per heavy atom. The van der Waals surface area contributed by atoms with E-state index in [9.17, 15) is 4.79 Å². The molecule has 0 aliphatic rings. The molecule has 4 aromatic rings. The molecule has 0 saturated carbocycles. The molecule has 0 radical (unpaired) electrons. The van der Waals surface area contributed by atoms with Crippen LogP contribution in [-0.4, -0.2) is 43.9 Å². The lowest BCUT2D eigenvalue weighted by molar-refractivity contribution is 0.0953. The molecule has 144 valence electrons. The monoisotopic (exact) mass is 378 g/mol. The van der Waals surface area contributed by atoms with E-state index < -0.39 is 0 Å². The zero-order valence-electron chi connectivity index (χ0n) is 16.1. The summed E-state index contributed by atoms with van der Waals surface area (Å²) in [5.74, 6) is 0.572. The number of hydrogen-bond acceptors (Lipinski definition) is 5. The van der Waals surface area contributed by atoms with Crippen LogP contribution in [0.4, 0.5) is 0 Å². The van der Waals surface area contributed by atoms with Gasteiger partial charge in [-0.15, -0.1) is 0 Å². The van der Waals surface area contributed by atoms with E-state index in [-0.39, 0.29) is 5.91 Å². The van der Waals surface area contributed by atoms with Crippen molar-refractivity contribution in [1.29, 1.82) is 0 Å². The SMILES string of the molecule is COc1c2ccc(C(=O)NCCCc3cnc4cc(C)nn4c3)cc2nn1C. The lowest BCUT2D eigenvalue weighted by atomic mass is 10.1. The predicted octanol–water partition coefficient (Wildman–Crippen LogP) is 2.30. The Bertz CT molecular complexity index is 1160. The summed E-state index contributed by atoms with van der Waals surface area (Å²) in [6, 6.07) is 7.38. The number of methoxy groups -OCH3 is 1. The Labute approximate surface area is 162 Å². The first-order chi connectivity index (χ1) is 13.5. The number of carbonyl (C=O) groups is 1. The van der Waals surface area contributed by atoms with E-state index in [2.05, 4.69) is 20.5 Å². The summed E-state index contributed by atoms with van der Waals surface area (Å²) in [4.78, 5) is 16.8. The Hall–Kier alpha value is -3.42. The van der Waals surface area contributed by atoms with Gasteiger partial charge in [-0.1, -0.05) is 0 Å². The lowest BCUT2D eigenvalue weighted by Crippen LogP contribution is -2.24. The van der Waals surface area contributed by atoms with Crippen molar-refractivity contribution in [2.24, 2.45) is 7.05 Å². The van der Waals surface area contributed by atoms with Gasteiger partial charge in [0.25, 0.3) is 5.91 Å². The number of hydrogen-bond donors (Lipinski definition) is 1. The van der Waals surface area contributed by atoms with E-state index in [1.54, 1.807) is 28.4 Å². The summed E-state index contributed by atoms with van der Waals surface area (Å²) >= 11 is 0. The van der Waals surface area contributed by atoms with Gasteiger partial charge in [-0.2, -0.15) is 10.2 Å². The van der Waals surface area contributed by atoms with Crippen LogP contribution in [0, 0.1) is 6.92 Å². The van der Waals surface area contributed by atoms with Crippen molar-refractivity contribution in [2.45, 2.75) is 19.8 Å². The molecule has 0 spiro atoms. The highest BCUT2D eigenvalue weighted by Crippen LogP contribution is 2.25. The van der Waals surface area contributed by atoms with Crippen LogP contribution >= 0.6 is 0 Å². The Morgan fingerprint density at radius 1 is 1.25 bits per heavy atom. The Balaban J connectivity index is 1.35. The van der Waals surface area contributed by atoms with Crippen molar-refractivity contribution in [3.63, 3.8) is 0 Å². The largest absolute Gasteiger partial charge is 0.481 e. The van der Waals surface area contributed by atoms with Crippen LogP contribution in [0.25, 0.3) is 16.6 Å². The van der Waals surface area contributed by atoms with Crippen LogP contribution in [0.15, 0.2) is 36.7 Å². The number of aromatic nitrogens is 5. The number of rotatable bonds is 6. The first-order valence-corrected chi connectivity index (χ1v) is 9.15. The molecule has 0 fully saturated rings. The van der Waals surface area contributed by atoms with E-state index in [4.69, 9.17) is 4.74 Å². The lowest BCUT2D eigenvalue weighted by Gasteiger charge is -2.06. The maximum absolute atomic E-state index is 12.4. The first kappa shape index (κ1) is 18.0. The van der Waals surface area contributed by atoms with Crippen LogP contribution in [0.5, 0.6) is 5.88 Å². The van der Waals surface area contributed by atoms with Crippen LogP contribution in [-0.2, 0) is 13.5 Å². The summed E-state index contributed by atoms with van der Waals surface area (Å²) in [6.45, 7) is 2.53. The molecule has 8 heteroatoms. The third-order valence-corrected chi connectivity index (χ3v) is 4.65. The minimum Gasteiger partial charge on any atom is -0.481 e. The number of aryl methyl sites for hydroxylation is 3. The number of benzene rings is 1. The second-order valence-corrected chi connectivity index (χ2v) is 6.77. The zero-order chi connectivity index (χ0) is 19.7. The van der Waals surface area contributed by atoms with Gasteiger partial charge in [0.2, 0.25) is 5.88 Å². The predicted molar refractivity (Wildman–Crippen MR) is 106 cm³/mol. The highest BCUT2D eigenvalue weighted by atomic mass is 16.5. The van der Waals surface area contributed by atoms with Crippen LogP contribution < -0.4 is 10.1 Å². The smallest absolute Gasteiger partial charge is 0.251 e. The van der Waals surface area contributed by atoms with Crippen molar-refractivity contribution in [1.82, 2.24) is 29.7 Å². The van der Waals surface area contributed by atoms with Gasteiger partial charge in [-0.05, 0) is 43.5 Å². The highest BCUT2D eigenvalue weighted by molar-refractivity contribution is 5.98. The van der Waals surface area contributed by atoms with Crippen LogP contribution in [0.2, 0.25) is 0 Å². The van der Waals surface area contributed by atoms with Gasteiger partial charge in [0.15, 0.2) is 5.65 Å². The van der Waals surface area contributed by atoms with Crippen molar-refractivity contribution in [3.8, 4) is 5.88 Å². The summed E-state index contributed by atoms with van der Waals surface area (Å²) < 4.78 is 8.79. The van der Waals surface area contributed by atoms with Crippen molar-refractivity contribution >= 4 is 22.5 Å². The Morgan fingerprint density at radius 3 is 2.93 bits per heavy atom. The minimum atomic E-state index is -0.109. The third-order valence-electron chi connectivity index (χ3n) is 4.65. The molecule has 3 aromatic heterocycles. The van der Waals surface area contributed by atoms with Gasteiger partial charge >= 0.3 is 0 Å². The topological polar surface area (TPSA) is 86.3 Å². The van der Waals surface area contributed by atoms with Gasteiger partial charge in [-0.3, -0.25) is 4.79 Å². The van der Waals surface area contributed by atoms with Gasteiger partial charge in [0.05, 0.1) is 23.7 Å². The summed E-state index contributed by atoms with van der Waals surface area (Å²) in [5.41, 5.74) is 4.20. The average Bonchev–Trinajstić information content (AvgIpc) is 3.21. The molecule has 3 heterocycles. The average molecular weight is 378 g/mol. The second kappa shape index (κ2) is 7.30. The molecule has 0 aliphatic carbocycles. The van der Waals surface area contributed by atoms with E-state index in [1.807, 2.05) is 38.5 Å². The molecule has 0 aliphatic heterocycles. The summed E-state index contributed by atoms with van der Waals surface area (Å²) in [5, 5.41) is 12.6. The van der Waals surface area contributed by atoms with E-state index >= 15 is 0 Å². The van der Waals surface area contributed by atoms with Crippen molar-refractivity contribution < 1.29 is 9.53 Å². The molecular formula is C20H22N6O2. The summed E-state index contributed by atoms with van der Waals surface area (Å²) in [6.07, 6.45) is 5.48. The second-order valence-electron chi connectivity index (χ2n) is 6.77. The third kappa shape index (κ3) is 3.40. The van der Waals surface area contributed by atoms with E-state index in [0.29, 0.717) is 18.0 Å². The minimum absolute atomic E-state index is 0.109. The number of nitrogens with zero attached hydrogens (tertiary/aromatic N) is 5.